The molecule has 1 fully saturated rings. The van der Waals surface area contributed by atoms with E-state index in [0.717, 1.165) is 36.7 Å². The van der Waals surface area contributed by atoms with Crippen LogP contribution in [0.1, 0.15) is 76.7 Å². The Balaban J connectivity index is 1.57. The minimum atomic E-state index is -9.58. The van der Waals surface area contributed by atoms with Gasteiger partial charge in [0, 0.05) is 0 Å². The number of unbranched alkanes of at least 4 members (excludes halogenated alkanes) is 1. The van der Waals surface area contributed by atoms with Crippen molar-refractivity contribution in [2.45, 2.75) is 76.0 Å². The Morgan fingerprint density at radius 3 is 2.00 bits per heavy atom. The van der Waals surface area contributed by atoms with Gasteiger partial charge in [0.1, 0.15) is 4.90 Å². The molecule has 0 nitrogen and oxygen atoms in total. The van der Waals surface area contributed by atoms with Crippen molar-refractivity contribution >= 4 is 15.8 Å². The fraction of sp³-hybridized carbons (Fsp3) is 0.636. The molecular formula is C22H31F5S. The van der Waals surface area contributed by atoms with Crippen LogP contribution in [0.25, 0.3) is 5.57 Å². The minimum Gasteiger partial charge on any atom is -0.0936 e. The van der Waals surface area contributed by atoms with Crippen LogP contribution in [0, 0.1) is 17.8 Å². The molecule has 3 rings (SSSR count). The molecule has 1 aromatic rings. The van der Waals surface area contributed by atoms with Gasteiger partial charge in [-0.15, -0.1) is 0 Å². The van der Waals surface area contributed by atoms with E-state index in [4.69, 9.17) is 0 Å². The quantitative estimate of drug-likeness (QED) is 0.400. The highest BCUT2D eigenvalue weighted by molar-refractivity contribution is 8.45. The van der Waals surface area contributed by atoms with Gasteiger partial charge in [-0.3, -0.25) is 0 Å². The second kappa shape index (κ2) is 7.33. The summed E-state index contributed by atoms with van der Waals surface area (Å²) in [5, 5.41) is 0. The van der Waals surface area contributed by atoms with Gasteiger partial charge in [0.15, 0.2) is 0 Å². The molecule has 1 aromatic carbocycles. The Labute approximate surface area is 165 Å². The smallest absolute Gasteiger partial charge is 0.0936 e. The lowest BCUT2D eigenvalue weighted by molar-refractivity contribution is 0.188. The van der Waals surface area contributed by atoms with Crippen molar-refractivity contribution in [3.8, 4) is 0 Å². The van der Waals surface area contributed by atoms with Crippen molar-refractivity contribution in [1.82, 2.24) is 0 Å². The molecule has 0 amide bonds. The highest BCUT2D eigenvalue weighted by atomic mass is 32.5. The molecule has 28 heavy (non-hydrogen) atoms. The maximum Gasteiger partial charge on any atom is 0.310 e. The van der Waals surface area contributed by atoms with Gasteiger partial charge in [-0.2, -0.15) is 0 Å². The molecular weight excluding hydrogens is 391 g/mol. The van der Waals surface area contributed by atoms with E-state index < -0.39 is 15.1 Å². The molecule has 1 saturated carbocycles. The van der Waals surface area contributed by atoms with Crippen molar-refractivity contribution in [3.05, 3.63) is 35.9 Å². The summed E-state index contributed by atoms with van der Waals surface area (Å²) in [6.07, 6.45) is 14.1. The summed E-state index contributed by atoms with van der Waals surface area (Å²) in [5.41, 5.74) is 1.62. The molecule has 1 unspecified atom stereocenters. The summed E-state index contributed by atoms with van der Waals surface area (Å²) >= 11 is 0. The van der Waals surface area contributed by atoms with E-state index in [-0.39, 0.29) is 0 Å². The summed E-state index contributed by atoms with van der Waals surface area (Å²) in [6, 6.07) is 3.44. The Hall–Kier alpha value is -1.04. The lowest BCUT2D eigenvalue weighted by Gasteiger charge is -2.40. The van der Waals surface area contributed by atoms with Crippen molar-refractivity contribution in [2.24, 2.45) is 17.8 Å². The molecule has 2 aliphatic carbocycles. The zero-order chi connectivity index (χ0) is 20.5. The highest BCUT2D eigenvalue weighted by Gasteiger charge is 2.65. The van der Waals surface area contributed by atoms with Gasteiger partial charge < -0.3 is 0 Å². The van der Waals surface area contributed by atoms with E-state index in [9.17, 15) is 19.4 Å². The molecule has 160 valence electrons. The fourth-order valence-electron chi connectivity index (χ4n) is 4.91. The number of benzene rings is 1. The van der Waals surface area contributed by atoms with Crippen LogP contribution in [0.3, 0.4) is 0 Å². The van der Waals surface area contributed by atoms with Crippen molar-refractivity contribution in [2.75, 3.05) is 0 Å². The fourth-order valence-corrected chi connectivity index (χ4v) is 5.56. The first-order valence-corrected chi connectivity index (χ1v) is 12.4. The maximum atomic E-state index is 12.9. The molecule has 0 radical (unpaired) electrons. The van der Waals surface area contributed by atoms with Gasteiger partial charge >= 0.3 is 10.2 Å². The van der Waals surface area contributed by atoms with Crippen LogP contribution in [0.15, 0.2) is 35.2 Å². The highest BCUT2D eigenvalue weighted by Crippen LogP contribution is 3.02. The SMILES string of the molecule is CCCC[C@H]1CC[C@H](C2CC=C(c3ccc(S(F)(F)(F)(F)F)cc3)CC2)CC1. The van der Waals surface area contributed by atoms with Crippen LogP contribution >= 0.6 is 10.2 Å². The number of hydrogen-bond acceptors (Lipinski definition) is 0. The van der Waals surface area contributed by atoms with Gasteiger partial charge in [-0.05, 0) is 73.1 Å². The predicted octanol–water partition coefficient (Wildman–Crippen LogP) is 9.52. The third-order valence-electron chi connectivity index (χ3n) is 6.65. The Bertz CT molecular complexity index is 697. The molecule has 6 heteroatoms. The predicted molar refractivity (Wildman–Crippen MR) is 108 cm³/mol. The standard InChI is InChI=1S/C22H31F5S/c1-2-3-4-17-5-7-18(8-6-17)19-9-11-20(12-10-19)21-13-15-22(16-14-21)28(23,24,25,26)27/h11,13-19H,2-10,12H2,1H3/t17-,18-,19?. The van der Waals surface area contributed by atoms with E-state index >= 15 is 0 Å². The third kappa shape index (κ3) is 5.52. The minimum absolute atomic E-state index is 0.529. The van der Waals surface area contributed by atoms with E-state index in [2.05, 4.69) is 13.0 Å². The molecule has 0 saturated heterocycles. The first kappa shape index (κ1) is 21.7. The summed E-state index contributed by atoms with van der Waals surface area (Å²) < 4.78 is 64.3. The number of halogens is 5. The topological polar surface area (TPSA) is 0 Å². The Morgan fingerprint density at radius 1 is 0.857 bits per heavy atom. The van der Waals surface area contributed by atoms with Gasteiger partial charge in [0.25, 0.3) is 0 Å². The van der Waals surface area contributed by atoms with Gasteiger partial charge in [0.05, 0.1) is 0 Å². The normalized spacial score (nSPS) is 28.9. The van der Waals surface area contributed by atoms with Crippen molar-refractivity contribution < 1.29 is 19.4 Å². The first-order chi connectivity index (χ1) is 13.0. The monoisotopic (exact) mass is 422 g/mol. The molecule has 2 aliphatic rings. The molecule has 0 spiro atoms. The number of hydrogen-bond donors (Lipinski definition) is 0. The number of rotatable bonds is 6. The molecule has 0 N–H and O–H groups in total. The number of allylic oxidation sites excluding steroid dienone is 2. The summed E-state index contributed by atoms with van der Waals surface area (Å²) in [5.74, 6) is 2.30. The lowest BCUT2D eigenvalue weighted by atomic mass is 9.70. The van der Waals surface area contributed by atoms with Gasteiger partial charge in [-0.1, -0.05) is 76.7 Å². The van der Waals surface area contributed by atoms with Crippen LogP contribution in [-0.2, 0) is 0 Å². The van der Waals surface area contributed by atoms with Crippen LogP contribution < -0.4 is 0 Å². The van der Waals surface area contributed by atoms with E-state index in [0.29, 0.717) is 23.6 Å². The molecule has 0 aliphatic heterocycles. The van der Waals surface area contributed by atoms with E-state index in [1.165, 1.54) is 57.1 Å². The maximum absolute atomic E-state index is 12.9. The zero-order valence-corrected chi connectivity index (χ0v) is 17.3. The molecule has 1 atom stereocenters. The Kier molecular flexibility index (Phi) is 5.67. The second-order valence-corrected chi connectivity index (χ2v) is 11.1. The summed E-state index contributed by atoms with van der Waals surface area (Å²) in [4.78, 5) is -1.81. The summed E-state index contributed by atoms with van der Waals surface area (Å²) in [7, 11) is -9.58. The van der Waals surface area contributed by atoms with Crippen LogP contribution in [0.5, 0.6) is 0 Å². The third-order valence-corrected chi connectivity index (χ3v) is 7.81. The Morgan fingerprint density at radius 2 is 1.50 bits per heavy atom. The van der Waals surface area contributed by atoms with Gasteiger partial charge in [-0.25, -0.2) is 0 Å². The lowest BCUT2D eigenvalue weighted by Crippen LogP contribution is -2.23. The van der Waals surface area contributed by atoms with E-state index in [1.54, 1.807) is 0 Å². The second-order valence-electron chi connectivity index (χ2n) is 8.68. The van der Waals surface area contributed by atoms with Gasteiger partial charge in [0.2, 0.25) is 0 Å². The van der Waals surface area contributed by atoms with E-state index in [1.807, 2.05) is 0 Å². The van der Waals surface area contributed by atoms with Crippen molar-refractivity contribution in [1.29, 1.82) is 0 Å². The average Bonchev–Trinajstić information content (AvgIpc) is 2.65. The first-order valence-electron chi connectivity index (χ1n) is 10.5. The van der Waals surface area contributed by atoms with Crippen molar-refractivity contribution in [3.63, 3.8) is 0 Å². The van der Waals surface area contributed by atoms with Crippen LogP contribution in [0.4, 0.5) is 19.4 Å². The average molecular weight is 423 g/mol. The molecule has 0 aromatic heterocycles. The van der Waals surface area contributed by atoms with Crippen LogP contribution in [0.2, 0.25) is 0 Å². The summed E-state index contributed by atoms with van der Waals surface area (Å²) in [6.45, 7) is 2.24. The molecule has 0 heterocycles. The zero-order valence-electron chi connectivity index (χ0n) is 16.5. The largest absolute Gasteiger partial charge is 0.310 e. The van der Waals surface area contributed by atoms with Crippen LogP contribution in [-0.4, -0.2) is 0 Å². The molecule has 0 bridgehead atoms.